The Morgan fingerprint density at radius 3 is 2.84 bits per heavy atom. The Morgan fingerprint density at radius 2 is 2.00 bits per heavy atom. The van der Waals surface area contributed by atoms with E-state index in [9.17, 15) is 0 Å². The summed E-state index contributed by atoms with van der Waals surface area (Å²) in [7, 11) is 0. The van der Waals surface area contributed by atoms with Crippen LogP contribution in [0, 0.1) is 0 Å². The van der Waals surface area contributed by atoms with E-state index in [4.69, 9.17) is 0 Å². The second kappa shape index (κ2) is 5.63. The predicted octanol–water partition coefficient (Wildman–Crippen LogP) is 2.06. The van der Waals surface area contributed by atoms with E-state index in [1.165, 1.54) is 5.56 Å². The van der Waals surface area contributed by atoms with E-state index in [1.54, 1.807) is 0 Å². The smallest absolute Gasteiger partial charge is 0.137 e. The van der Waals surface area contributed by atoms with Gasteiger partial charge in [0, 0.05) is 31.3 Å². The van der Waals surface area contributed by atoms with Crippen LogP contribution < -0.4 is 5.32 Å². The number of nitrogens with one attached hydrogen (secondary N) is 1. The van der Waals surface area contributed by atoms with E-state index in [2.05, 4.69) is 21.5 Å². The Balaban J connectivity index is 1.52. The molecule has 4 heteroatoms. The third-order valence-electron chi connectivity index (χ3n) is 3.06. The third kappa shape index (κ3) is 2.98. The van der Waals surface area contributed by atoms with Crippen molar-refractivity contribution in [2.75, 3.05) is 6.54 Å². The molecule has 19 heavy (non-hydrogen) atoms. The molecule has 96 valence electrons. The first kappa shape index (κ1) is 11.9. The van der Waals surface area contributed by atoms with Crippen molar-refractivity contribution in [1.82, 2.24) is 19.7 Å². The highest BCUT2D eigenvalue weighted by Crippen LogP contribution is 2.04. The fraction of sp³-hybridized carbons (Fsp3) is 0.200. The lowest BCUT2D eigenvalue weighted by Crippen LogP contribution is -2.16. The number of pyridine rings is 2. The van der Waals surface area contributed by atoms with Crippen molar-refractivity contribution in [1.29, 1.82) is 0 Å². The minimum absolute atomic E-state index is 0.798. The molecule has 3 rings (SSSR count). The molecule has 0 aliphatic heterocycles. The summed E-state index contributed by atoms with van der Waals surface area (Å²) >= 11 is 0. The number of rotatable bonds is 5. The monoisotopic (exact) mass is 252 g/mol. The summed E-state index contributed by atoms with van der Waals surface area (Å²) in [5.41, 5.74) is 3.37. The van der Waals surface area contributed by atoms with Crippen molar-refractivity contribution < 1.29 is 0 Å². The molecule has 0 amide bonds. The SMILES string of the molecule is c1ccn2cc(CNCCc3ccncc3)nc2c1. The van der Waals surface area contributed by atoms with Crippen molar-refractivity contribution >= 4 is 5.65 Å². The van der Waals surface area contributed by atoms with E-state index in [0.717, 1.165) is 30.9 Å². The number of hydrogen-bond donors (Lipinski definition) is 1. The molecule has 1 N–H and O–H groups in total. The highest BCUT2D eigenvalue weighted by molar-refractivity contribution is 5.39. The van der Waals surface area contributed by atoms with Gasteiger partial charge in [0.15, 0.2) is 0 Å². The summed E-state index contributed by atoms with van der Waals surface area (Å²) in [5, 5.41) is 3.41. The fourth-order valence-electron chi connectivity index (χ4n) is 2.07. The number of aromatic nitrogens is 3. The third-order valence-corrected chi connectivity index (χ3v) is 3.06. The molecule has 0 aromatic carbocycles. The minimum atomic E-state index is 0.798. The largest absolute Gasteiger partial charge is 0.311 e. The zero-order chi connectivity index (χ0) is 12.9. The van der Waals surface area contributed by atoms with Crippen molar-refractivity contribution in [3.05, 3.63) is 66.4 Å². The lowest BCUT2D eigenvalue weighted by atomic mass is 10.2. The molecule has 0 aliphatic carbocycles. The molecule has 0 spiro atoms. The standard InChI is InChI=1S/C15H16N4/c1-2-10-19-12-14(18-15(19)3-1)11-17-9-6-13-4-7-16-8-5-13/h1-5,7-8,10,12,17H,6,9,11H2. The molecule has 0 atom stereocenters. The van der Waals surface area contributed by atoms with Gasteiger partial charge < -0.3 is 9.72 Å². The Labute approximate surface area is 112 Å². The van der Waals surface area contributed by atoms with Crippen molar-refractivity contribution in [3.63, 3.8) is 0 Å². The Bertz CT molecular complexity index is 612. The number of hydrogen-bond acceptors (Lipinski definition) is 3. The van der Waals surface area contributed by atoms with Gasteiger partial charge in [0.05, 0.1) is 5.69 Å². The quantitative estimate of drug-likeness (QED) is 0.707. The van der Waals surface area contributed by atoms with Gasteiger partial charge in [0.25, 0.3) is 0 Å². The summed E-state index contributed by atoms with van der Waals surface area (Å²) in [5.74, 6) is 0. The lowest BCUT2D eigenvalue weighted by Gasteiger charge is -2.02. The van der Waals surface area contributed by atoms with Gasteiger partial charge >= 0.3 is 0 Å². The van der Waals surface area contributed by atoms with Crippen LogP contribution in [0.25, 0.3) is 5.65 Å². The van der Waals surface area contributed by atoms with E-state index < -0.39 is 0 Å². The lowest BCUT2D eigenvalue weighted by molar-refractivity contribution is 0.677. The molecule has 4 nitrogen and oxygen atoms in total. The zero-order valence-corrected chi connectivity index (χ0v) is 10.7. The maximum absolute atomic E-state index is 4.55. The molecule has 0 saturated carbocycles. The van der Waals surface area contributed by atoms with Gasteiger partial charge in [-0.25, -0.2) is 4.98 Å². The van der Waals surface area contributed by atoms with Gasteiger partial charge in [-0.2, -0.15) is 0 Å². The number of nitrogens with zero attached hydrogens (tertiary/aromatic N) is 3. The normalized spacial score (nSPS) is 10.9. The second-order valence-corrected chi connectivity index (χ2v) is 4.48. The Hall–Kier alpha value is -2.20. The highest BCUT2D eigenvalue weighted by Gasteiger charge is 2.00. The minimum Gasteiger partial charge on any atom is -0.311 e. The molecule has 0 fully saturated rings. The summed E-state index contributed by atoms with van der Waals surface area (Å²) in [4.78, 5) is 8.56. The van der Waals surface area contributed by atoms with E-state index in [-0.39, 0.29) is 0 Å². The molecular weight excluding hydrogens is 236 g/mol. The van der Waals surface area contributed by atoms with E-state index in [1.807, 2.05) is 53.3 Å². The average Bonchev–Trinajstić information content (AvgIpc) is 2.87. The molecule has 3 aromatic rings. The first-order valence-electron chi connectivity index (χ1n) is 6.44. The fourth-order valence-corrected chi connectivity index (χ4v) is 2.07. The van der Waals surface area contributed by atoms with Crippen LogP contribution in [0.2, 0.25) is 0 Å². The number of fused-ring (bicyclic) bond motifs is 1. The topological polar surface area (TPSA) is 42.2 Å². The second-order valence-electron chi connectivity index (χ2n) is 4.48. The summed E-state index contributed by atoms with van der Waals surface area (Å²) in [6.07, 6.45) is 8.75. The Kier molecular flexibility index (Phi) is 3.51. The van der Waals surface area contributed by atoms with Gasteiger partial charge in [0.1, 0.15) is 5.65 Å². The maximum Gasteiger partial charge on any atom is 0.137 e. The van der Waals surface area contributed by atoms with Crippen LogP contribution in [0.5, 0.6) is 0 Å². The highest BCUT2D eigenvalue weighted by atomic mass is 15.0. The van der Waals surface area contributed by atoms with Gasteiger partial charge in [-0.05, 0) is 42.8 Å². The van der Waals surface area contributed by atoms with E-state index in [0.29, 0.717) is 0 Å². The number of imidazole rings is 1. The van der Waals surface area contributed by atoms with Crippen LogP contribution in [0.15, 0.2) is 55.1 Å². The van der Waals surface area contributed by atoms with Crippen molar-refractivity contribution in [2.45, 2.75) is 13.0 Å². The molecule has 3 heterocycles. The predicted molar refractivity (Wildman–Crippen MR) is 74.8 cm³/mol. The van der Waals surface area contributed by atoms with Crippen LogP contribution in [0.1, 0.15) is 11.3 Å². The summed E-state index contributed by atoms with van der Waals surface area (Å²) < 4.78 is 2.04. The summed E-state index contributed by atoms with van der Waals surface area (Å²) in [6, 6.07) is 10.1. The first-order chi connectivity index (χ1) is 9.42. The van der Waals surface area contributed by atoms with Crippen LogP contribution in [-0.2, 0) is 13.0 Å². The maximum atomic E-state index is 4.55. The summed E-state index contributed by atoms with van der Waals surface area (Å²) in [6.45, 7) is 1.74. The van der Waals surface area contributed by atoms with Gasteiger partial charge in [0.2, 0.25) is 0 Å². The molecule has 3 aromatic heterocycles. The van der Waals surface area contributed by atoms with Gasteiger partial charge in [-0.1, -0.05) is 6.07 Å². The van der Waals surface area contributed by atoms with Crippen molar-refractivity contribution in [2.24, 2.45) is 0 Å². The molecular formula is C15H16N4. The molecule has 0 unspecified atom stereocenters. The molecule has 0 radical (unpaired) electrons. The van der Waals surface area contributed by atoms with E-state index >= 15 is 0 Å². The van der Waals surface area contributed by atoms with Crippen LogP contribution in [0.3, 0.4) is 0 Å². The van der Waals surface area contributed by atoms with Gasteiger partial charge in [-0.3, -0.25) is 4.98 Å². The zero-order valence-electron chi connectivity index (χ0n) is 10.7. The van der Waals surface area contributed by atoms with Crippen LogP contribution in [0.4, 0.5) is 0 Å². The molecule has 0 aliphatic rings. The van der Waals surface area contributed by atoms with Crippen LogP contribution >= 0.6 is 0 Å². The Morgan fingerprint density at radius 1 is 1.11 bits per heavy atom. The van der Waals surface area contributed by atoms with Crippen LogP contribution in [-0.4, -0.2) is 20.9 Å². The molecule has 0 bridgehead atoms. The first-order valence-corrected chi connectivity index (χ1v) is 6.44. The van der Waals surface area contributed by atoms with Gasteiger partial charge in [-0.15, -0.1) is 0 Å². The average molecular weight is 252 g/mol. The van der Waals surface area contributed by atoms with Crippen molar-refractivity contribution in [3.8, 4) is 0 Å². The molecule has 0 saturated heterocycles.